The zero-order chi connectivity index (χ0) is 22.2. The Labute approximate surface area is 193 Å². The third-order valence-electron chi connectivity index (χ3n) is 6.85. The number of likely N-dealkylation sites (N-methyl/N-ethyl adjacent to an activating group) is 1. The van der Waals surface area contributed by atoms with Crippen LogP contribution in [0.2, 0.25) is 5.02 Å². The molecule has 6 nitrogen and oxygen atoms in total. The summed E-state index contributed by atoms with van der Waals surface area (Å²) in [6.45, 7) is 1.12. The first kappa shape index (κ1) is 21.2. The summed E-state index contributed by atoms with van der Waals surface area (Å²) in [5.74, 6) is 0.359. The van der Waals surface area contributed by atoms with Crippen molar-refractivity contribution in [1.29, 1.82) is 0 Å². The number of anilines is 1. The van der Waals surface area contributed by atoms with Crippen molar-refractivity contribution in [2.24, 2.45) is 10.9 Å². The largest absolute Gasteiger partial charge is 0.352 e. The quantitative estimate of drug-likeness (QED) is 0.771. The van der Waals surface area contributed by atoms with Gasteiger partial charge in [0.25, 0.3) is 11.8 Å². The second-order valence-corrected chi connectivity index (χ2v) is 9.36. The number of amides is 2. The number of benzene rings is 2. The first-order valence-electron chi connectivity index (χ1n) is 11.2. The van der Waals surface area contributed by atoms with Crippen LogP contribution in [0.25, 0.3) is 0 Å². The third kappa shape index (κ3) is 3.71. The van der Waals surface area contributed by atoms with Crippen molar-refractivity contribution in [3.63, 3.8) is 0 Å². The molecular weight excluding hydrogens is 424 g/mol. The third-order valence-corrected chi connectivity index (χ3v) is 7.17. The second-order valence-electron chi connectivity index (χ2n) is 8.95. The maximum atomic E-state index is 13.6. The summed E-state index contributed by atoms with van der Waals surface area (Å²) >= 11 is 6.60. The van der Waals surface area contributed by atoms with Crippen LogP contribution < -0.4 is 10.2 Å². The Bertz CT molecular complexity index is 1070. The number of hydrogen-bond donors (Lipinski definition) is 1. The van der Waals surface area contributed by atoms with Gasteiger partial charge in [-0.15, -0.1) is 0 Å². The molecule has 5 rings (SSSR count). The maximum Gasteiger partial charge on any atom is 0.251 e. The summed E-state index contributed by atoms with van der Waals surface area (Å²) in [5, 5.41) is 3.73. The maximum absolute atomic E-state index is 13.6. The average molecular weight is 451 g/mol. The molecule has 0 spiro atoms. The van der Waals surface area contributed by atoms with E-state index in [4.69, 9.17) is 11.6 Å². The number of hydrogen-bond acceptors (Lipinski definition) is 4. The van der Waals surface area contributed by atoms with Crippen molar-refractivity contribution in [1.82, 2.24) is 10.2 Å². The molecule has 1 aliphatic carbocycles. The topological polar surface area (TPSA) is 65.0 Å². The number of halogens is 1. The minimum Gasteiger partial charge on any atom is -0.352 e. The number of carbonyl (C=O) groups is 2. The fourth-order valence-electron chi connectivity index (χ4n) is 5.29. The minimum absolute atomic E-state index is 0.0488. The highest BCUT2D eigenvalue weighted by Gasteiger charge is 2.46. The van der Waals surface area contributed by atoms with Crippen LogP contribution in [0.4, 0.5) is 5.69 Å². The normalized spacial score (nSPS) is 25.2. The predicted octanol–water partition coefficient (Wildman–Crippen LogP) is 3.74. The molecule has 2 amide bonds. The van der Waals surface area contributed by atoms with Gasteiger partial charge in [-0.25, -0.2) is 0 Å². The molecule has 7 heteroatoms. The van der Waals surface area contributed by atoms with Crippen molar-refractivity contribution in [3.8, 4) is 0 Å². The van der Waals surface area contributed by atoms with E-state index in [9.17, 15) is 9.59 Å². The van der Waals surface area contributed by atoms with Gasteiger partial charge in [-0.1, -0.05) is 42.3 Å². The van der Waals surface area contributed by atoms with Crippen LogP contribution in [0.5, 0.6) is 0 Å². The molecule has 1 fully saturated rings. The van der Waals surface area contributed by atoms with Gasteiger partial charge in [-0.05, 0) is 56.5 Å². The van der Waals surface area contributed by atoms with Crippen LogP contribution in [0.1, 0.15) is 41.6 Å². The molecule has 2 aromatic rings. The highest BCUT2D eigenvalue weighted by Crippen LogP contribution is 2.40. The van der Waals surface area contributed by atoms with E-state index in [-0.39, 0.29) is 23.9 Å². The lowest BCUT2D eigenvalue weighted by atomic mass is 9.82. The monoisotopic (exact) mass is 450 g/mol. The first-order valence-corrected chi connectivity index (χ1v) is 11.6. The van der Waals surface area contributed by atoms with Crippen molar-refractivity contribution in [2.45, 2.75) is 37.8 Å². The second kappa shape index (κ2) is 8.68. The van der Waals surface area contributed by atoms with E-state index >= 15 is 0 Å². The Morgan fingerprint density at radius 3 is 2.78 bits per heavy atom. The number of carbonyl (C=O) groups excluding carboxylic acids is 2. The molecule has 0 aromatic heterocycles. The number of nitrogens with zero attached hydrogens (tertiary/aromatic N) is 3. The van der Waals surface area contributed by atoms with E-state index in [1.807, 2.05) is 65.4 Å². The van der Waals surface area contributed by atoms with Gasteiger partial charge >= 0.3 is 0 Å². The molecule has 3 atom stereocenters. The van der Waals surface area contributed by atoms with Crippen molar-refractivity contribution >= 4 is 34.8 Å². The van der Waals surface area contributed by atoms with E-state index in [0.29, 0.717) is 29.7 Å². The van der Waals surface area contributed by atoms with Gasteiger partial charge in [-0.3, -0.25) is 19.5 Å². The molecule has 3 aliphatic rings. The summed E-state index contributed by atoms with van der Waals surface area (Å²) in [4.78, 5) is 34.7. The highest BCUT2D eigenvalue weighted by atomic mass is 35.5. The zero-order valence-electron chi connectivity index (χ0n) is 18.1. The Morgan fingerprint density at radius 2 is 1.97 bits per heavy atom. The van der Waals surface area contributed by atoms with Gasteiger partial charge in [0, 0.05) is 23.7 Å². The Kier molecular flexibility index (Phi) is 5.74. The van der Waals surface area contributed by atoms with Crippen LogP contribution in [0.3, 0.4) is 0 Å². The van der Waals surface area contributed by atoms with Crippen molar-refractivity contribution in [3.05, 3.63) is 64.7 Å². The lowest BCUT2D eigenvalue weighted by Crippen LogP contribution is -2.57. The van der Waals surface area contributed by atoms with Crippen LogP contribution in [0, 0.1) is 5.92 Å². The SMILES string of the molecule is CN1CN=C2c3c(Cl)cccc3N([C@@H]3CCC[C@H](CNC(=O)c4ccccc4)C3)C(=O)C21. The zero-order valence-corrected chi connectivity index (χ0v) is 18.9. The molecule has 1 N–H and O–H groups in total. The molecule has 2 aromatic carbocycles. The van der Waals surface area contributed by atoms with Crippen LogP contribution in [-0.4, -0.2) is 54.8 Å². The molecule has 2 heterocycles. The molecule has 2 aliphatic heterocycles. The Balaban J connectivity index is 1.36. The minimum atomic E-state index is -0.374. The van der Waals surface area contributed by atoms with Crippen molar-refractivity contribution in [2.75, 3.05) is 25.2 Å². The Hall–Kier alpha value is -2.70. The van der Waals surface area contributed by atoms with Gasteiger partial charge in [0.15, 0.2) is 0 Å². The van der Waals surface area contributed by atoms with E-state index in [1.54, 1.807) is 0 Å². The lowest BCUT2D eigenvalue weighted by Gasteiger charge is -2.43. The van der Waals surface area contributed by atoms with E-state index < -0.39 is 0 Å². The summed E-state index contributed by atoms with van der Waals surface area (Å²) in [7, 11) is 1.93. The smallest absolute Gasteiger partial charge is 0.251 e. The van der Waals surface area contributed by atoms with Gasteiger partial charge in [0.05, 0.1) is 23.1 Å². The fourth-order valence-corrected chi connectivity index (χ4v) is 5.56. The molecule has 1 unspecified atom stereocenters. The number of aliphatic imine (C=N–C) groups is 1. The molecular formula is C25H27ClN4O2. The van der Waals surface area contributed by atoms with Gasteiger partial charge in [0.1, 0.15) is 6.04 Å². The van der Waals surface area contributed by atoms with Crippen LogP contribution in [0.15, 0.2) is 53.5 Å². The number of nitrogens with one attached hydrogen (secondary N) is 1. The molecule has 0 bridgehead atoms. The summed E-state index contributed by atoms with van der Waals surface area (Å²) in [6.07, 6.45) is 3.88. The number of rotatable bonds is 4. The van der Waals surface area contributed by atoms with Gasteiger partial charge in [-0.2, -0.15) is 0 Å². The molecule has 166 valence electrons. The first-order chi connectivity index (χ1) is 15.5. The lowest BCUT2D eigenvalue weighted by molar-refractivity contribution is -0.121. The standard InChI is InChI=1S/C25H27ClN4O2/c1-29-15-28-22-21-19(26)11-6-12-20(21)30(25(32)23(22)29)18-10-5-7-16(13-18)14-27-24(31)17-8-3-2-4-9-17/h2-4,6,8-9,11-12,16,18,23H,5,7,10,13-15H2,1H3,(H,27,31)/t16-,18+,23?/m0/s1. The highest BCUT2D eigenvalue weighted by molar-refractivity contribution is 6.38. The average Bonchev–Trinajstić information content (AvgIpc) is 3.20. The molecule has 0 radical (unpaired) electrons. The summed E-state index contributed by atoms with van der Waals surface area (Å²) in [6, 6.07) is 14.8. The summed E-state index contributed by atoms with van der Waals surface area (Å²) < 4.78 is 0. The van der Waals surface area contributed by atoms with E-state index in [2.05, 4.69) is 10.3 Å². The van der Waals surface area contributed by atoms with E-state index in [0.717, 1.165) is 42.6 Å². The predicted molar refractivity (Wildman–Crippen MR) is 126 cm³/mol. The van der Waals surface area contributed by atoms with Crippen molar-refractivity contribution < 1.29 is 9.59 Å². The van der Waals surface area contributed by atoms with E-state index in [1.165, 1.54) is 0 Å². The number of fused-ring (bicyclic) bond motifs is 3. The summed E-state index contributed by atoms with van der Waals surface area (Å²) in [5.41, 5.74) is 3.22. The van der Waals surface area contributed by atoms with Crippen LogP contribution >= 0.6 is 11.6 Å². The van der Waals surface area contributed by atoms with Gasteiger partial charge in [0.2, 0.25) is 0 Å². The molecule has 32 heavy (non-hydrogen) atoms. The molecule has 1 saturated carbocycles. The fraction of sp³-hybridized carbons (Fsp3) is 0.400. The Morgan fingerprint density at radius 1 is 1.16 bits per heavy atom. The van der Waals surface area contributed by atoms with Crippen LogP contribution in [-0.2, 0) is 4.79 Å². The van der Waals surface area contributed by atoms with Gasteiger partial charge < -0.3 is 10.2 Å². The molecule has 0 saturated heterocycles.